The Hall–Kier alpha value is -7.54. The van der Waals surface area contributed by atoms with Crippen molar-refractivity contribution in [1.82, 2.24) is 0 Å². The van der Waals surface area contributed by atoms with Crippen LogP contribution in [0.2, 0.25) is 0 Å². The second kappa shape index (κ2) is 34.8. The van der Waals surface area contributed by atoms with E-state index in [2.05, 4.69) is 265 Å². The molecule has 11 aliphatic carbocycles. The fourth-order valence-corrected chi connectivity index (χ4v) is 20.4. The third-order valence-corrected chi connectivity index (χ3v) is 26.6. The van der Waals surface area contributed by atoms with E-state index in [1.807, 2.05) is 0 Å². The lowest BCUT2D eigenvalue weighted by Gasteiger charge is -2.36. The topological polar surface area (TPSA) is 0 Å². The minimum Gasteiger partial charge on any atom is -0.0836 e. The molecule has 0 aromatic heterocycles. The third-order valence-electron chi connectivity index (χ3n) is 26.6. The highest BCUT2D eigenvalue weighted by molar-refractivity contribution is 5.80. The van der Waals surface area contributed by atoms with Gasteiger partial charge in [-0.05, 0) is 281 Å². The normalized spacial score (nSPS) is 25.7. The number of hydrogen-bond acceptors (Lipinski definition) is 0. The van der Waals surface area contributed by atoms with E-state index in [1.54, 1.807) is 16.7 Å². The van der Waals surface area contributed by atoms with Crippen molar-refractivity contribution in [2.24, 2.45) is 47.3 Å². The summed E-state index contributed by atoms with van der Waals surface area (Å²) in [5.74, 6) is 8.50. The largest absolute Gasteiger partial charge is 0.0836 e. The van der Waals surface area contributed by atoms with Crippen LogP contribution in [0.4, 0.5) is 0 Å². The molecule has 0 aliphatic heterocycles. The smallest absolute Gasteiger partial charge is 0.0281 e. The van der Waals surface area contributed by atoms with Gasteiger partial charge in [0.05, 0.1) is 0 Å². The first-order valence-corrected chi connectivity index (χ1v) is 41.5. The summed E-state index contributed by atoms with van der Waals surface area (Å²) in [7, 11) is 0. The fourth-order valence-electron chi connectivity index (χ4n) is 20.4. The molecule has 0 amide bonds. The second-order valence-corrected chi connectivity index (χ2v) is 32.6. The maximum atomic E-state index is 2.45. The van der Waals surface area contributed by atoms with Crippen molar-refractivity contribution in [3.8, 4) is 0 Å². The van der Waals surface area contributed by atoms with E-state index >= 15 is 0 Å². The van der Waals surface area contributed by atoms with Crippen LogP contribution in [0.1, 0.15) is 256 Å². The molecule has 5 aromatic carbocycles. The summed E-state index contributed by atoms with van der Waals surface area (Å²) in [5.41, 5.74) is 29.2. The molecule has 0 heterocycles. The quantitative estimate of drug-likeness (QED) is 0.0729. The Morgan fingerprint density at radius 2 is 0.814 bits per heavy atom. The molecule has 4 fully saturated rings. The highest BCUT2D eigenvalue weighted by Gasteiger charge is 2.33. The van der Waals surface area contributed by atoms with E-state index in [0.717, 1.165) is 79.4 Å². The fraction of sp³-hybridized carbons (Fsp3) is 0.431. The maximum Gasteiger partial charge on any atom is 0.0281 e. The molecule has 0 nitrogen and oxygen atoms in total. The van der Waals surface area contributed by atoms with Crippen LogP contribution in [0, 0.1) is 47.3 Å². The van der Waals surface area contributed by atoms with Gasteiger partial charge in [0.1, 0.15) is 0 Å². The van der Waals surface area contributed by atoms with Crippen LogP contribution in [-0.2, 0) is 32.1 Å². The molecule has 0 bridgehead atoms. The summed E-state index contributed by atoms with van der Waals surface area (Å²) in [6, 6.07) is 47.2. The average Bonchev–Trinajstić information content (AvgIpc) is 1.58. The van der Waals surface area contributed by atoms with Gasteiger partial charge in [0.25, 0.3) is 0 Å². The zero-order valence-electron chi connectivity index (χ0n) is 63.1. The molecular weight excluding hydrogens is 1230 g/mol. The van der Waals surface area contributed by atoms with Gasteiger partial charge in [-0.3, -0.25) is 0 Å². The molecule has 0 N–H and O–H groups in total. The lowest BCUT2D eigenvalue weighted by atomic mass is 9.70. The van der Waals surface area contributed by atoms with Crippen LogP contribution in [0.25, 0.3) is 11.1 Å². The summed E-state index contributed by atoms with van der Waals surface area (Å²) in [6.45, 7) is 11.5. The standard InChI is InChI=1S/C35H42.C34H40.C33H38/c1-4-25-9-7-10-31(23-25)34-22-21-32(33-11-8-12-35(33)34)24-26-13-15-29(16-14-26)30-19-17-28(18-20-30)27(5-2)6-3;1-3-8-26(9-4-1)28-18-20-29(21-19-28)27-16-14-25(15-17-27)24-31-22-23-33(30-10-5-2-6-11-30)34-13-7-12-32(31)34;1-3-6-25-11-15-27(16-12-25)28-17-13-26(14-18-28)23-30-21-22-32(33-8-5-7-31(30)33)29-19-9-24(4-2)10-20-29/h7-16,21-23,27-28,30,35H,4-6,17-20,24H2,1-3H3;5,7,10-17,22-23,26,28-29,34H,1-4,6,8-9,18-21,24H2;5,7-10,13-14,17-22,25,27,33H,3-4,6,11-12,15-16,23H2,1-2H3. The number of hydrogen-bond donors (Lipinski definition) is 0. The molecule has 16 rings (SSSR count). The van der Waals surface area contributed by atoms with Gasteiger partial charge in [0.2, 0.25) is 0 Å². The van der Waals surface area contributed by atoms with E-state index in [1.165, 1.54) is 242 Å². The molecule has 0 radical (unpaired) electrons. The molecule has 102 heavy (non-hydrogen) atoms. The van der Waals surface area contributed by atoms with E-state index in [4.69, 9.17) is 0 Å². The van der Waals surface area contributed by atoms with E-state index in [0.29, 0.717) is 17.8 Å². The average molecular weight is 1350 g/mol. The Balaban J connectivity index is 0.000000130. The molecule has 0 heteroatoms. The Labute approximate surface area is 617 Å². The van der Waals surface area contributed by atoms with Crippen LogP contribution in [0.15, 0.2) is 275 Å². The zero-order valence-corrected chi connectivity index (χ0v) is 63.1. The van der Waals surface area contributed by atoms with E-state index in [-0.39, 0.29) is 0 Å². The van der Waals surface area contributed by atoms with Gasteiger partial charge < -0.3 is 0 Å². The lowest BCUT2D eigenvalue weighted by molar-refractivity contribution is 0.186. The minimum atomic E-state index is 0.395. The monoisotopic (exact) mass is 1340 g/mol. The molecule has 5 aromatic rings. The predicted molar refractivity (Wildman–Crippen MR) is 439 cm³/mol. The number of fused-ring (bicyclic) bond motifs is 3. The SMILES string of the molecule is C1=CC2C(C3=CCCC=C3)=CC=C(Cc3ccc(C4CCC(C5CCCCC5)CC4)cc3)C2=C1.CCCC1CCC(c2ccc(CC3=CC=C(c4ccc(CC)cc4)C4C=CC=C34)cc2)CC1.CCc1cccc(C2=CC=C(Cc3ccc(C4CCC(C(CC)CC)CC4)cc3)C3=CC=CC32)c1. The van der Waals surface area contributed by atoms with Gasteiger partial charge in [0, 0.05) is 17.8 Å². The summed E-state index contributed by atoms with van der Waals surface area (Å²) in [4.78, 5) is 0. The predicted octanol–water partition coefficient (Wildman–Crippen LogP) is 28.0. The number of allylic oxidation sites excluding steroid dienone is 28. The Morgan fingerprint density at radius 3 is 1.28 bits per heavy atom. The Bertz CT molecular complexity index is 4100. The van der Waals surface area contributed by atoms with Crippen molar-refractivity contribution >= 4 is 11.1 Å². The summed E-state index contributed by atoms with van der Waals surface area (Å²) < 4.78 is 0. The zero-order chi connectivity index (χ0) is 69.6. The molecule has 0 saturated heterocycles. The lowest BCUT2D eigenvalue weighted by Crippen LogP contribution is -2.23. The van der Waals surface area contributed by atoms with Gasteiger partial charge in [-0.15, -0.1) is 0 Å². The molecule has 0 spiro atoms. The van der Waals surface area contributed by atoms with Crippen LogP contribution in [-0.4, -0.2) is 0 Å². The molecular formula is C102H120. The number of rotatable bonds is 20. The molecule has 4 saturated carbocycles. The van der Waals surface area contributed by atoms with Crippen LogP contribution >= 0.6 is 0 Å². The van der Waals surface area contributed by atoms with Crippen molar-refractivity contribution in [1.29, 1.82) is 0 Å². The third kappa shape index (κ3) is 17.1. The molecule has 528 valence electrons. The first kappa shape index (κ1) is 71.5. The van der Waals surface area contributed by atoms with E-state index < -0.39 is 0 Å². The Morgan fingerprint density at radius 1 is 0.363 bits per heavy atom. The van der Waals surface area contributed by atoms with Crippen molar-refractivity contribution in [3.05, 3.63) is 331 Å². The van der Waals surface area contributed by atoms with Gasteiger partial charge >= 0.3 is 0 Å². The van der Waals surface area contributed by atoms with Crippen LogP contribution in [0.5, 0.6) is 0 Å². The van der Waals surface area contributed by atoms with Crippen molar-refractivity contribution in [2.75, 3.05) is 0 Å². The first-order chi connectivity index (χ1) is 50.3. The van der Waals surface area contributed by atoms with Crippen molar-refractivity contribution in [3.63, 3.8) is 0 Å². The first-order valence-electron chi connectivity index (χ1n) is 41.5. The summed E-state index contributed by atoms with van der Waals surface area (Å²) in [5, 5.41) is 0. The molecule has 11 aliphatic rings. The number of aryl methyl sites for hydroxylation is 2. The highest BCUT2D eigenvalue weighted by atomic mass is 14.4. The van der Waals surface area contributed by atoms with Gasteiger partial charge in [-0.25, -0.2) is 0 Å². The minimum absolute atomic E-state index is 0.395. The number of benzene rings is 5. The summed E-state index contributed by atoms with van der Waals surface area (Å²) in [6.07, 6.45) is 79.6. The highest BCUT2D eigenvalue weighted by Crippen LogP contribution is 2.48. The van der Waals surface area contributed by atoms with Crippen molar-refractivity contribution in [2.45, 2.75) is 232 Å². The molecule has 3 unspecified atom stereocenters. The van der Waals surface area contributed by atoms with Crippen LogP contribution in [0.3, 0.4) is 0 Å². The van der Waals surface area contributed by atoms with Crippen molar-refractivity contribution < 1.29 is 0 Å². The molecule has 3 atom stereocenters. The Kier molecular flexibility index (Phi) is 24.4. The maximum absolute atomic E-state index is 2.45. The second-order valence-electron chi connectivity index (χ2n) is 32.6. The van der Waals surface area contributed by atoms with Gasteiger partial charge in [-0.2, -0.15) is 0 Å². The van der Waals surface area contributed by atoms with Crippen LogP contribution < -0.4 is 0 Å². The summed E-state index contributed by atoms with van der Waals surface area (Å²) >= 11 is 0. The van der Waals surface area contributed by atoms with Gasteiger partial charge in [0.15, 0.2) is 0 Å². The van der Waals surface area contributed by atoms with Gasteiger partial charge in [-0.1, -0.05) is 323 Å². The van der Waals surface area contributed by atoms with E-state index in [9.17, 15) is 0 Å².